The van der Waals surface area contributed by atoms with Gasteiger partial charge in [0.05, 0.1) is 21.8 Å². The molecule has 3 rings (SSSR count). The Morgan fingerprint density at radius 2 is 2.00 bits per heavy atom. The standard InChI is InChI=1S/C14H10N2O2S2/c1-8-3-2-4-10(15-8)13-16-11(7-20-13)12-5-9(6-19-12)14(17)18/h2-7H,1H3,(H,17,18). The molecule has 3 aromatic rings. The maximum Gasteiger partial charge on any atom is 0.336 e. The van der Waals surface area contributed by atoms with E-state index >= 15 is 0 Å². The summed E-state index contributed by atoms with van der Waals surface area (Å²) in [5.74, 6) is -0.914. The summed E-state index contributed by atoms with van der Waals surface area (Å²) in [5, 5.41) is 13.3. The minimum Gasteiger partial charge on any atom is -0.478 e. The molecule has 0 saturated heterocycles. The highest BCUT2D eigenvalue weighted by Gasteiger charge is 2.12. The van der Waals surface area contributed by atoms with Crippen LogP contribution in [-0.2, 0) is 0 Å². The van der Waals surface area contributed by atoms with Crippen LogP contribution in [0.1, 0.15) is 16.1 Å². The molecule has 0 aliphatic rings. The van der Waals surface area contributed by atoms with E-state index in [1.165, 1.54) is 22.7 Å². The predicted octanol–water partition coefficient (Wildman–Crippen LogP) is 3.94. The van der Waals surface area contributed by atoms with Gasteiger partial charge in [-0.3, -0.25) is 4.98 Å². The number of rotatable bonds is 3. The average Bonchev–Trinajstić information content (AvgIpc) is 3.08. The van der Waals surface area contributed by atoms with Gasteiger partial charge in [0.1, 0.15) is 5.01 Å². The van der Waals surface area contributed by atoms with E-state index in [-0.39, 0.29) is 0 Å². The molecule has 0 atom stereocenters. The molecule has 20 heavy (non-hydrogen) atoms. The van der Waals surface area contributed by atoms with Crippen molar-refractivity contribution in [3.63, 3.8) is 0 Å². The van der Waals surface area contributed by atoms with Crippen LogP contribution in [0.3, 0.4) is 0 Å². The van der Waals surface area contributed by atoms with Crippen molar-refractivity contribution >= 4 is 28.6 Å². The summed E-state index contributed by atoms with van der Waals surface area (Å²) in [6.07, 6.45) is 0. The fourth-order valence-corrected chi connectivity index (χ4v) is 3.46. The summed E-state index contributed by atoms with van der Waals surface area (Å²) in [6.45, 7) is 1.94. The molecule has 0 saturated carbocycles. The largest absolute Gasteiger partial charge is 0.478 e. The van der Waals surface area contributed by atoms with Gasteiger partial charge in [-0.25, -0.2) is 9.78 Å². The van der Waals surface area contributed by atoms with Crippen LogP contribution in [0, 0.1) is 6.92 Å². The van der Waals surface area contributed by atoms with Crippen LogP contribution in [0.5, 0.6) is 0 Å². The number of thiazole rings is 1. The molecule has 3 heterocycles. The second-order valence-corrected chi connectivity index (χ2v) is 5.98. The van der Waals surface area contributed by atoms with Gasteiger partial charge in [-0.15, -0.1) is 22.7 Å². The van der Waals surface area contributed by atoms with Gasteiger partial charge in [0, 0.05) is 16.5 Å². The first-order valence-corrected chi connectivity index (χ1v) is 7.61. The molecule has 0 bridgehead atoms. The van der Waals surface area contributed by atoms with E-state index < -0.39 is 5.97 Å². The molecule has 0 aliphatic heterocycles. The van der Waals surface area contributed by atoms with Crippen LogP contribution < -0.4 is 0 Å². The number of pyridine rings is 1. The molecule has 4 nitrogen and oxygen atoms in total. The van der Waals surface area contributed by atoms with E-state index in [0.29, 0.717) is 5.56 Å². The summed E-state index contributed by atoms with van der Waals surface area (Å²) in [7, 11) is 0. The zero-order valence-corrected chi connectivity index (χ0v) is 12.2. The summed E-state index contributed by atoms with van der Waals surface area (Å²) in [6, 6.07) is 7.46. The number of aromatic carboxylic acids is 1. The van der Waals surface area contributed by atoms with Crippen LogP contribution >= 0.6 is 22.7 Å². The highest BCUT2D eigenvalue weighted by Crippen LogP contribution is 2.31. The summed E-state index contributed by atoms with van der Waals surface area (Å²) >= 11 is 2.90. The third kappa shape index (κ3) is 2.48. The molecule has 6 heteroatoms. The Hall–Kier alpha value is -2.05. The second kappa shape index (κ2) is 5.15. The van der Waals surface area contributed by atoms with E-state index in [1.807, 2.05) is 30.5 Å². The smallest absolute Gasteiger partial charge is 0.336 e. The first-order valence-electron chi connectivity index (χ1n) is 5.85. The number of nitrogens with zero attached hydrogens (tertiary/aromatic N) is 2. The van der Waals surface area contributed by atoms with Gasteiger partial charge in [0.2, 0.25) is 0 Å². The van der Waals surface area contributed by atoms with E-state index in [9.17, 15) is 4.79 Å². The van der Waals surface area contributed by atoms with Gasteiger partial charge in [-0.1, -0.05) is 6.07 Å². The molecule has 0 unspecified atom stereocenters. The highest BCUT2D eigenvalue weighted by atomic mass is 32.1. The molecular formula is C14H10N2O2S2. The normalized spacial score (nSPS) is 10.7. The van der Waals surface area contributed by atoms with Crippen molar-refractivity contribution in [2.75, 3.05) is 0 Å². The van der Waals surface area contributed by atoms with Crippen molar-refractivity contribution in [1.82, 2.24) is 9.97 Å². The van der Waals surface area contributed by atoms with Gasteiger partial charge < -0.3 is 5.11 Å². The number of carboxylic acids is 1. The SMILES string of the molecule is Cc1cccc(-c2nc(-c3cc(C(=O)O)cs3)cs2)n1. The number of carbonyl (C=O) groups is 1. The lowest BCUT2D eigenvalue weighted by molar-refractivity contribution is 0.0697. The van der Waals surface area contributed by atoms with E-state index in [1.54, 1.807) is 11.4 Å². The molecule has 100 valence electrons. The van der Waals surface area contributed by atoms with Crippen molar-refractivity contribution in [2.24, 2.45) is 0 Å². The van der Waals surface area contributed by atoms with Crippen molar-refractivity contribution in [2.45, 2.75) is 6.92 Å². The molecule has 0 amide bonds. The molecule has 3 aromatic heterocycles. The minimum atomic E-state index is -0.914. The Morgan fingerprint density at radius 3 is 2.70 bits per heavy atom. The number of carboxylic acid groups (broad SMARTS) is 1. The maximum absolute atomic E-state index is 10.9. The second-order valence-electron chi connectivity index (χ2n) is 4.21. The third-order valence-electron chi connectivity index (χ3n) is 2.71. The lowest BCUT2D eigenvalue weighted by Crippen LogP contribution is -1.91. The molecule has 0 spiro atoms. The van der Waals surface area contributed by atoms with Crippen molar-refractivity contribution < 1.29 is 9.90 Å². The number of hydrogen-bond acceptors (Lipinski definition) is 5. The minimum absolute atomic E-state index is 0.299. The quantitative estimate of drug-likeness (QED) is 0.796. The summed E-state index contributed by atoms with van der Waals surface area (Å²) in [5.41, 5.74) is 2.89. The monoisotopic (exact) mass is 302 g/mol. The Bertz CT molecular complexity index is 777. The van der Waals surface area contributed by atoms with Crippen LogP contribution in [0.2, 0.25) is 0 Å². The lowest BCUT2D eigenvalue weighted by atomic mass is 10.3. The third-order valence-corrected chi connectivity index (χ3v) is 4.53. The lowest BCUT2D eigenvalue weighted by Gasteiger charge is -1.96. The summed E-state index contributed by atoms with van der Waals surface area (Å²) < 4.78 is 0. The van der Waals surface area contributed by atoms with E-state index in [0.717, 1.165) is 27.0 Å². The fourth-order valence-electron chi connectivity index (χ4n) is 1.75. The van der Waals surface area contributed by atoms with Gasteiger partial charge >= 0.3 is 5.97 Å². The predicted molar refractivity (Wildman–Crippen MR) is 80.4 cm³/mol. The van der Waals surface area contributed by atoms with E-state index in [4.69, 9.17) is 5.11 Å². The Kier molecular flexibility index (Phi) is 3.33. The molecule has 0 fully saturated rings. The molecule has 0 radical (unpaired) electrons. The molecule has 0 aromatic carbocycles. The zero-order valence-electron chi connectivity index (χ0n) is 10.5. The Labute approximate surface area is 123 Å². The first kappa shape index (κ1) is 13.0. The molecular weight excluding hydrogens is 292 g/mol. The molecule has 0 aliphatic carbocycles. The van der Waals surface area contributed by atoms with Crippen molar-refractivity contribution in [3.05, 3.63) is 46.3 Å². The first-order chi connectivity index (χ1) is 9.63. The van der Waals surface area contributed by atoms with Gasteiger partial charge in [0.25, 0.3) is 0 Å². The topological polar surface area (TPSA) is 63.1 Å². The van der Waals surface area contributed by atoms with E-state index in [2.05, 4.69) is 9.97 Å². The highest BCUT2D eigenvalue weighted by molar-refractivity contribution is 7.15. The number of aryl methyl sites for hydroxylation is 1. The van der Waals surface area contributed by atoms with Crippen LogP contribution in [0.15, 0.2) is 35.0 Å². The summed E-state index contributed by atoms with van der Waals surface area (Å²) in [4.78, 5) is 20.7. The molecule has 1 N–H and O–H groups in total. The zero-order chi connectivity index (χ0) is 14.1. The maximum atomic E-state index is 10.9. The fraction of sp³-hybridized carbons (Fsp3) is 0.0714. The number of hydrogen-bond donors (Lipinski definition) is 1. The van der Waals surface area contributed by atoms with Gasteiger partial charge in [-0.2, -0.15) is 0 Å². The van der Waals surface area contributed by atoms with Crippen LogP contribution in [-0.4, -0.2) is 21.0 Å². The van der Waals surface area contributed by atoms with Crippen molar-refractivity contribution in [1.29, 1.82) is 0 Å². The number of thiophene rings is 1. The van der Waals surface area contributed by atoms with Crippen LogP contribution in [0.25, 0.3) is 21.3 Å². The average molecular weight is 302 g/mol. The van der Waals surface area contributed by atoms with Crippen LogP contribution in [0.4, 0.5) is 0 Å². The number of aromatic nitrogens is 2. The Balaban J connectivity index is 1.95. The Morgan fingerprint density at radius 1 is 1.15 bits per heavy atom. The van der Waals surface area contributed by atoms with Gasteiger partial charge in [0.15, 0.2) is 0 Å². The van der Waals surface area contributed by atoms with Crippen molar-refractivity contribution in [3.8, 4) is 21.3 Å². The van der Waals surface area contributed by atoms with Gasteiger partial charge in [-0.05, 0) is 25.1 Å².